The first-order valence-electron chi connectivity index (χ1n) is 4.80. The first kappa shape index (κ1) is 11.3. The second-order valence-electron chi connectivity index (χ2n) is 3.45. The summed E-state index contributed by atoms with van der Waals surface area (Å²) >= 11 is 11.9. The predicted octanol–water partition coefficient (Wildman–Crippen LogP) is 3.53. The molecule has 1 heterocycles. The Morgan fingerprint density at radius 3 is 2.38 bits per heavy atom. The minimum Gasteiger partial charge on any atom is -0.358 e. The number of nitrogens with zero attached hydrogens (tertiary/aromatic N) is 2. The number of hydrogen-bond acceptors (Lipinski definition) is 2. The monoisotopic (exact) mass is 255 g/mol. The fourth-order valence-corrected chi connectivity index (χ4v) is 2.06. The molecule has 0 aliphatic rings. The van der Waals surface area contributed by atoms with Gasteiger partial charge >= 0.3 is 0 Å². The van der Waals surface area contributed by atoms with Crippen molar-refractivity contribution in [2.45, 2.75) is 6.92 Å². The molecule has 0 amide bonds. The molecule has 3 nitrogen and oxygen atoms in total. The van der Waals surface area contributed by atoms with Gasteiger partial charge in [0, 0.05) is 23.3 Å². The zero-order valence-corrected chi connectivity index (χ0v) is 10.5. The van der Waals surface area contributed by atoms with Gasteiger partial charge in [0.05, 0.1) is 11.4 Å². The highest BCUT2D eigenvalue weighted by Gasteiger charge is 2.07. The van der Waals surface area contributed by atoms with E-state index in [-0.39, 0.29) is 0 Å². The normalized spacial score (nSPS) is 10.5. The number of halogens is 2. The van der Waals surface area contributed by atoms with Crippen molar-refractivity contribution in [3.8, 4) is 5.69 Å². The van der Waals surface area contributed by atoms with Crippen molar-refractivity contribution in [3.05, 3.63) is 40.1 Å². The molecule has 0 saturated heterocycles. The van der Waals surface area contributed by atoms with E-state index in [1.54, 1.807) is 6.07 Å². The summed E-state index contributed by atoms with van der Waals surface area (Å²) in [5.74, 6) is 0.760. The average Bonchev–Trinajstić information content (AvgIpc) is 2.58. The van der Waals surface area contributed by atoms with Crippen molar-refractivity contribution in [3.63, 3.8) is 0 Å². The Morgan fingerprint density at radius 1 is 1.19 bits per heavy atom. The predicted molar refractivity (Wildman–Crippen MR) is 67.9 cm³/mol. The van der Waals surface area contributed by atoms with Gasteiger partial charge in [0.25, 0.3) is 0 Å². The summed E-state index contributed by atoms with van der Waals surface area (Å²) in [6.45, 7) is 1.93. The number of imidazole rings is 1. The van der Waals surface area contributed by atoms with E-state index in [0.29, 0.717) is 10.0 Å². The first-order valence-corrected chi connectivity index (χ1v) is 5.56. The number of aryl methyl sites for hydroxylation is 1. The van der Waals surface area contributed by atoms with Crippen LogP contribution >= 0.6 is 23.2 Å². The van der Waals surface area contributed by atoms with Crippen LogP contribution in [0.15, 0.2) is 24.4 Å². The van der Waals surface area contributed by atoms with Gasteiger partial charge in [-0.1, -0.05) is 23.2 Å². The van der Waals surface area contributed by atoms with Crippen LogP contribution in [0.1, 0.15) is 5.69 Å². The second kappa shape index (κ2) is 4.36. The summed E-state index contributed by atoms with van der Waals surface area (Å²) in [5.41, 5.74) is 1.82. The molecule has 0 atom stereocenters. The Kier molecular flexibility index (Phi) is 3.08. The highest BCUT2D eigenvalue weighted by molar-refractivity contribution is 6.34. The molecule has 5 heteroatoms. The lowest BCUT2D eigenvalue weighted by atomic mass is 10.3. The Labute approximate surface area is 104 Å². The lowest BCUT2D eigenvalue weighted by molar-refractivity contribution is 1.05. The Hall–Kier alpha value is -1.19. The third-order valence-corrected chi connectivity index (χ3v) is 2.61. The molecule has 0 aliphatic heterocycles. The summed E-state index contributed by atoms with van der Waals surface area (Å²) in [7, 11) is 1.82. The van der Waals surface area contributed by atoms with E-state index in [2.05, 4.69) is 10.3 Å². The number of benzene rings is 1. The van der Waals surface area contributed by atoms with Crippen LogP contribution in [0, 0.1) is 6.92 Å². The maximum atomic E-state index is 5.96. The first-order chi connectivity index (χ1) is 7.60. The van der Waals surface area contributed by atoms with E-state index in [1.807, 2.05) is 36.9 Å². The van der Waals surface area contributed by atoms with Gasteiger partial charge in [-0.05, 0) is 25.1 Å². The van der Waals surface area contributed by atoms with E-state index in [9.17, 15) is 0 Å². The zero-order chi connectivity index (χ0) is 11.7. The third-order valence-electron chi connectivity index (χ3n) is 2.18. The summed E-state index contributed by atoms with van der Waals surface area (Å²) in [6, 6.07) is 5.39. The van der Waals surface area contributed by atoms with E-state index < -0.39 is 0 Å². The Bertz CT molecular complexity index is 500. The van der Waals surface area contributed by atoms with Crippen LogP contribution in [-0.2, 0) is 0 Å². The largest absolute Gasteiger partial charge is 0.358 e. The number of nitrogens with one attached hydrogen (secondary N) is 1. The quantitative estimate of drug-likeness (QED) is 0.890. The SMILES string of the molecule is CNc1nc(C)cn1-c1cc(Cl)cc(Cl)c1. The molecule has 2 aromatic rings. The Balaban J connectivity index is 2.57. The number of anilines is 1. The van der Waals surface area contributed by atoms with Gasteiger partial charge in [0.2, 0.25) is 5.95 Å². The average molecular weight is 256 g/mol. The van der Waals surface area contributed by atoms with Gasteiger partial charge < -0.3 is 5.32 Å². The molecule has 2 rings (SSSR count). The minimum atomic E-state index is 0.607. The fourth-order valence-electron chi connectivity index (χ4n) is 1.55. The lowest BCUT2D eigenvalue weighted by Crippen LogP contribution is -2.00. The molecule has 0 radical (unpaired) electrons. The molecule has 1 aromatic heterocycles. The molecule has 1 aromatic carbocycles. The van der Waals surface area contributed by atoms with Gasteiger partial charge in [-0.3, -0.25) is 4.57 Å². The van der Waals surface area contributed by atoms with Crippen LogP contribution < -0.4 is 5.32 Å². The standard InChI is InChI=1S/C11H11Cl2N3/c1-7-6-16(11(14-2)15-7)10-4-8(12)3-9(13)5-10/h3-6H,1-2H3,(H,14,15). The summed E-state index contributed by atoms with van der Waals surface area (Å²) in [6.07, 6.45) is 1.92. The molecule has 0 bridgehead atoms. The Morgan fingerprint density at radius 2 is 1.81 bits per heavy atom. The van der Waals surface area contributed by atoms with Gasteiger partial charge in [0.15, 0.2) is 0 Å². The van der Waals surface area contributed by atoms with Crippen LogP contribution in [0.4, 0.5) is 5.95 Å². The maximum absolute atomic E-state index is 5.96. The zero-order valence-electron chi connectivity index (χ0n) is 8.96. The number of rotatable bonds is 2. The van der Waals surface area contributed by atoms with Crippen LogP contribution in [0.5, 0.6) is 0 Å². The van der Waals surface area contributed by atoms with Gasteiger partial charge in [-0.2, -0.15) is 0 Å². The van der Waals surface area contributed by atoms with E-state index in [0.717, 1.165) is 17.3 Å². The smallest absolute Gasteiger partial charge is 0.207 e. The maximum Gasteiger partial charge on any atom is 0.207 e. The molecule has 16 heavy (non-hydrogen) atoms. The topological polar surface area (TPSA) is 29.9 Å². The van der Waals surface area contributed by atoms with Gasteiger partial charge in [-0.25, -0.2) is 4.98 Å². The molecule has 84 valence electrons. The van der Waals surface area contributed by atoms with Crippen LogP contribution in [0.2, 0.25) is 10.0 Å². The van der Waals surface area contributed by atoms with Crippen molar-refractivity contribution >= 4 is 29.2 Å². The van der Waals surface area contributed by atoms with Crippen LogP contribution in [0.25, 0.3) is 5.69 Å². The van der Waals surface area contributed by atoms with Crippen molar-refractivity contribution in [1.82, 2.24) is 9.55 Å². The highest BCUT2D eigenvalue weighted by atomic mass is 35.5. The van der Waals surface area contributed by atoms with E-state index in [4.69, 9.17) is 23.2 Å². The molecular weight excluding hydrogens is 245 g/mol. The summed E-state index contributed by atoms with van der Waals surface area (Å²) in [5, 5.41) is 4.23. The number of hydrogen-bond donors (Lipinski definition) is 1. The van der Waals surface area contributed by atoms with Crippen molar-refractivity contribution < 1.29 is 0 Å². The lowest BCUT2D eigenvalue weighted by Gasteiger charge is -2.07. The third kappa shape index (κ3) is 2.15. The van der Waals surface area contributed by atoms with Crippen molar-refractivity contribution in [2.75, 3.05) is 12.4 Å². The molecule has 0 spiro atoms. The summed E-state index contributed by atoms with van der Waals surface area (Å²) < 4.78 is 1.91. The van der Waals surface area contributed by atoms with E-state index in [1.165, 1.54) is 0 Å². The fraction of sp³-hybridized carbons (Fsp3) is 0.182. The number of aromatic nitrogens is 2. The van der Waals surface area contributed by atoms with Gasteiger partial charge in [-0.15, -0.1) is 0 Å². The van der Waals surface area contributed by atoms with Crippen LogP contribution in [0.3, 0.4) is 0 Å². The second-order valence-corrected chi connectivity index (χ2v) is 4.33. The molecule has 0 fully saturated rings. The van der Waals surface area contributed by atoms with Crippen molar-refractivity contribution in [1.29, 1.82) is 0 Å². The molecule has 1 N–H and O–H groups in total. The molecular formula is C11H11Cl2N3. The molecule has 0 saturated carbocycles. The minimum absolute atomic E-state index is 0.607. The molecule has 0 unspecified atom stereocenters. The molecule has 0 aliphatic carbocycles. The van der Waals surface area contributed by atoms with E-state index >= 15 is 0 Å². The summed E-state index contributed by atoms with van der Waals surface area (Å²) in [4.78, 5) is 4.33. The highest BCUT2D eigenvalue weighted by Crippen LogP contribution is 2.24. The van der Waals surface area contributed by atoms with Crippen LogP contribution in [-0.4, -0.2) is 16.6 Å². The van der Waals surface area contributed by atoms with Crippen molar-refractivity contribution in [2.24, 2.45) is 0 Å². The van der Waals surface area contributed by atoms with Gasteiger partial charge in [0.1, 0.15) is 0 Å².